The molecular weight excluding hydrogens is 156 g/mol. The molecule has 1 aromatic rings. The minimum Gasteiger partial charge on any atom is -0.478 e. The van der Waals surface area contributed by atoms with E-state index in [0.29, 0.717) is 5.69 Å². The lowest BCUT2D eigenvalue weighted by atomic mass is 10.1. The average Bonchev–Trinajstić information content (AvgIpc) is 2.04. The maximum Gasteiger partial charge on any atom is 0.337 e. The van der Waals surface area contributed by atoms with Crippen molar-refractivity contribution in [2.45, 2.75) is 6.92 Å². The van der Waals surface area contributed by atoms with Crippen molar-refractivity contribution in [2.24, 2.45) is 0 Å². The van der Waals surface area contributed by atoms with E-state index in [4.69, 9.17) is 10.4 Å². The number of nitriles is 1. The summed E-state index contributed by atoms with van der Waals surface area (Å²) >= 11 is 0. The molecule has 0 bridgehead atoms. The number of carbonyl (C=O) groups is 1. The minimum atomic E-state index is -1.10. The van der Waals surface area contributed by atoms with Crippen LogP contribution in [0.1, 0.15) is 21.6 Å². The maximum absolute atomic E-state index is 10.6. The second kappa shape index (κ2) is 3.01. The van der Waals surface area contributed by atoms with Gasteiger partial charge in [0.05, 0.1) is 11.1 Å². The highest BCUT2D eigenvalue weighted by atomic mass is 16.4. The first-order chi connectivity index (χ1) is 5.65. The summed E-state index contributed by atoms with van der Waals surface area (Å²) < 4.78 is 0. The Kier molecular flexibility index (Phi) is 2.06. The summed E-state index contributed by atoms with van der Waals surface area (Å²) in [6, 6.07) is 3.14. The summed E-state index contributed by atoms with van der Waals surface area (Å²) in [5.74, 6) is -1.10. The number of aromatic nitrogens is 1. The molecule has 4 heteroatoms. The summed E-state index contributed by atoms with van der Waals surface area (Å²) in [4.78, 5) is 14.4. The predicted molar refractivity (Wildman–Crippen MR) is 40.6 cm³/mol. The Morgan fingerprint density at radius 3 is 2.92 bits per heavy atom. The minimum absolute atomic E-state index is 0.00463. The second-order valence-electron chi connectivity index (χ2n) is 2.29. The van der Waals surface area contributed by atoms with Gasteiger partial charge in [0.1, 0.15) is 6.07 Å². The van der Waals surface area contributed by atoms with Crippen molar-refractivity contribution in [1.29, 1.82) is 5.26 Å². The fourth-order valence-corrected chi connectivity index (χ4v) is 0.826. The van der Waals surface area contributed by atoms with Crippen LogP contribution in [0.3, 0.4) is 0 Å². The molecule has 0 aromatic carbocycles. The van der Waals surface area contributed by atoms with Gasteiger partial charge >= 0.3 is 5.97 Å². The lowest BCUT2D eigenvalue weighted by molar-refractivity contribution is 0.0696. The van der Waals surface area contributed by atoms with Crippen LogP contribution in [0.5, 0.6) is 0 Å². The van der Waals surface area contributed by atoms with Gasteiger partial charge in [0.25, 0.3) is 0 Å². The molecule has 4 nitrogen and oxygen atoms in total. The summed E-state index contributed by atoms with van der Waals surface area (Å²) in [5, 5.41) is 17.1. The molecule has 1 rings (SSSR count). The standard InChI is InChI=1S/C8H6N2O2/c1-5-2-7(8(11)12)6(3-9)4-10-5/h2,4H,1H3,(H,11,12). The summed E-state index contributed by atoms with van der Waals surface area (Å²) in [7, 11) is 0. The Balaban J connectivity index is 3.34. The van der Waals surface area contributed by atoms with Crippen molar-refractivity contribution in [2.75, 3.05) is 0 Å². The molecule has 12 heavy (non-hydrogen) atoms. The van der Waals surface area contributed by atoms with Gasteiger partial charge < -0.3 is 5.11 Å². The Hall–Kier alpha value is -1.89. The summed E-state index contributed by atoms with van der Waals surface area (Å²) in [5.41, 5.74) is 0.685. The van der Waals surface area contributed by atoms with Gasteiger partial charge in [-0.2, -0.15) is 5.26 Å². The van der Waals surface area contributed by atoms with E-state index in [1.165, 1.54) is 12.3 Å². The van der Waals surface area contributed by atoms with Gasteiger partial charge in [0, 0.05) is 11.9 Å². The Morgan fingerprint density at radius 2 is 2.42 bits per heavy atom. The number of carboxylic acids is 1. The van der Waals surface area contributed by atoms with Crippen LogP contribution in [0.15, 0.2) is 12.3 Å². The smallest absolute Gasteiger partial charge is 0.337 e. The Labute approximate surface area is 69.1 Å². The fraction of sp³-hybridized carbons (Fsp3) is 0.125. The third kappa shape index (κ3) is 1.40. The lowest BCUT2D eigenvalue weighted by Crippen LogP contribution is -2.01. The second-order valence-corrected chi connectivity index (χ2v) is 2.29. The van der Waals surface area contributed by atoms with Crippen LogP contribution in [0.2, 0.25) is 0 Å². The number of pyridine rings is 1. The third-order valence-electron chi connectivity index (χ3n) is 1.39. The fourth-order valence-electron chi connectivity index (χ4n) is 0.826. The quantitative estimate of drug-likeness (QED) is 0.667. The topological polar surface area (TPSA) is 74.0 Å². The average molecular weight is 162 g/mol. The number of carboxylic acid groups (broad SMARTS) is 1. The highest BCUT2D eigenvalue weighted by Crippen LogP contribution is 2.07. The van der Waals surface area contributed by atoms with E-state index >= 15 is 0 Å². The molecule has 0 aliphatic rings. The molecule has 0 atom stereocenters. The molecule has 0 aliphatic heterocycles. The van der Waals surface area contributed by atoms with Crippen LogP contribution in [0, 0.1) is 18.3 Å². The van der Waals surface area contributed by atoms with Crippen LogP contribution in [0.25, 0.3) is 0 Å². The maximum atomic E-state index is 10.6. The Bertz CT molecular complexity index is 366. The molecule has 0 saturated heterocycles. The number of nitrogens with zero attached hydrogens (tertiary/aromatic N) is 2. The molecule has 0 fully saturated rings. The van der Waals surface area contributed by atoms with Crippen LogP contribution in [-0.4, -0.2) is 16.1 Å². The van der Waals surface area contributed by atoms with E-state index in [1.807, 2.05) is 0 Å². The van der Waals surface area contributed by atoms with E-state index < -0.39 is 5.97 Å². The number of hydrogen-bond acceptors (Lipinski definition) is 3. The van der Waals surface area contributed by atoms with Crippen molar-refractivity contribution >= 4 is 5.97 Å². The normalized spacial score (nSPS) is 9.00. The monoisotopic (exact) mass is 162 g/mol. The lowest BCUT2D eigenvalue weighted by Gasteiger charge is -1.97. The number of aromatic carboxylic acids is 1. The third-order valence-corrected chi connectivity index (χ3v) is 1.39. The summed E-state index contributed by atoms with van der Waals surface area (Å²) in [6.45, 7) is 1.67. The van der Waals surface area contributed by atoms with Gasteiger partial charge in [-0.05, 0) is 13.0 Å². The van der Waals surface area contributed by atoms with Gasteiger partial charge in [-0.15, -0.1) is 0 Å². The molecule has 0 aliphatic carbocycles. The number of aryl methyl sites for hydroxylation is 1. The van der Waals surface area contributed by atoms with Crippen molar-refractivity contribution in [3.05, 3.63) is 29.1 Å². The van der Waals surface area contributed by atoms with Gasteiger partial charge in [0.2, 0.25) is 0 Å². The first-order valence-corrected chi connectivity index (χ1v) is 3.25. The van der Waals surface area contributed by atoms with Crippen LogP contribution < -0.4 is 0 Å². The van der Waals surface area contributed by atoms with Crippen LogP contribution in [0.4, 0.5) is 0 Å². The highest BCUT2D eigenvalue weighted by molar-refractivity contribution is 5.90. The van der Waals surface area contributed by atoms with E-state index in [2.05, 4.69) is 4.98 Å². The first-order valence-electron chi connectivity index (χ1n) is 3.25. The van der Waals surface area contributed by atoms with Gasteiger partial charge in [0.15, 0.2) is 0 Å². The molecule has 0 saturated carbocycles. The SMILES string of the molecule is Cc1cc(C(=O)O)c(C#N)cn1. The zero-order chi connectivity index (χ0) is 9.14. The molecule has 0 amide bonds. The predicted octanol–water partition coefficient (Wildman–Crippen LogP) is 0.960. The largest absolute Gasteiger partial charge is 0.478 e. The van der Waals surface area contributed by atoms with Crippen molar-refractivity contribution in [3.8, 4) is 6.07 Å². The molecule has 0 radical (unpaired) electrons. The van der Waals surface area contributed by atoms with E-state index in [9.17, 15) is 4.79 Å². The summed E-state index contributed by atoms with van der Waals surface area (Å²) in [6.07, 6.45) is 1.26. The number of rotatable bonds is 1. The van der Waals surface area contributed by atoms with E-state index in [1.54, 1.807) is 13.0 Å². The Morgan fingerprint density at radius 1 is 1.75 bits per heavy atom. The van der Waals surface area contributed by atoms with Gasteiger partial charge in [-0.25, -0.2) is 4.79 Å². The van der Waals surface area contributed by atoms with Crippen molar-refractivity contribution in [1.82, 2.24) is 4.98 Å². The van der Waals surface area contributed by atoms with Crippen molar-refractivity contribution < 1.29 is 9.90 Å². The van der Waals surface area contributed by atoms with Crippen LogP contribution in [-0.2, 0) is 0 Å². The first kappa shape index (κ1) is 8.21. The van der Waals surface area contributed by atoms with E-state index in [0.717, 1.165) is 0 Å². The van der Waals surface area contributed by atoms with Gasteiger partial charge in [-0.1, -0.05) is 0 Å². The molecule has 60 valence electrons. The number of hydrogen-bond donors (Lipinski definition) is 1. The molecule has 1 heterocycles. The van der Waals surface area contributed by atoms with E-state index in [-0.39, 0.29) is 11.1 Å². The molecule has 1 N–H and O–H groups in total. The molecule has 1 aromatic heterocycles. The highest BCUT2D eigenvalue weighted by Gasteiger charge is 2.09. The zero-order valence-electron chi connectivity index (χ0n) is 6.40. The molecule has 0 spiro atoms. The van der Waals surface area contributed by atoms with Crippen LogP contribution >= 0.6 is 0 Å². The van der Waals surface area contributed by atoms with Gasteiger partial charge in [-0.3, -0.25) is 4.98 Å². The molecule has 0 unspecified atom stereocenters. The van der Waals surface area contributed by atoms with Crippen molar-refractivity contribution in [3.63, 3.8) is 0 Å². The zero-order valence-corrected chi connectivity index (χ0v) is 6.40. The molecular formula is C8H6N2O2.